The SMILES string of the molecule is Cc1cc(NC(c2ccccc2)c2ccccc2)c2occc2c1. The number of hydrogen-bond donors (Lipinski definition) is 1. The Morgan fingerprint density at radius 2 is 1.42 bits per heavy atom. The highest BCUT2D eigenvalue weighted by Gasteiger charge is 2.16. The number of rotatable bonds is 4. The van der Waals surface area contributed by atoms with Crippen LogP contribution in [0.3, 0.4) is 0 Å². The summed E-state index contributed by atoms with van der Waals surface area (Å²) >= 11 is 0. The Kier molecular flexibility index (Phi) is 3.80. The number of nitrogens with one attached hydrogen (secondary N) is 1. The van der Waals surface area contributed by atoms with Gasteiger partial charge in [-0.15, -0.1) is 0 Å². The predicted octanol–water partition coefficient (Wildman–Crippen LogP) is 5.94. The van der Waals surface area contributed by atoms with Crippen molar-refractivity contribution in [3.63, 3.8) is 0 Å². The molecule has 1 aromatic heterocycles. The summed E-state index contributed by atoms with van der Waals surface area (Å²) in [4.78, 5) is 0. The van der Waals surface area contributed by atoms with Crippen LogP contribution in [0.4, 0.5) is 5.69 Å². The lowest BCUT2D eigenvalue weighted by atomic mass is 9.98. The molecule has 0 aliphatic heterocycles. The zero-order chi connectivity index (χ0) is 16.4. The molecule has 24 heavy (non-hydrogen) atoms. The standard InChI is InChI=1S/C22H19NO/c1-16-14-19-12-13-24-22(19)20(15-16)23-21(17-8-4-2-5-9-17)18-10-6-3-7-11-18/h2-15,21,23H,1H3. The van der Waals surface area contributed by atoms with Gasteiger partial charge in [0.2, 0.25) is 0 Å². The van der Waals surface area contributed by atoms with Gasteiger partial charge < -0.3 is 9.73 Å². The van der Waals surface area contributed by atoms with Gasteiger partial charge in [0.15, 0.2) is 5.58 Å². The van der Waals surface area contributed by atoms with E-state index in [1.54, 1.807) is 6.26 Å². The molecule has 0 fully saturated rings. The zero-order valence-electron chi connectivity index (χ0n) is 13.6. The summed E-state index contributed by atoms with van der Waals surface area (Å²) in [6.45, 7) is 2.11. The van der Waals surface area contributed by atoms with Crippen molar-refractivity contribution in [1.29, 1.82) is 0 Å². The quantitative estimate of drug-likeness (QED) is 0.504. The molecule has 0 spiro atoms. The Morgan fingerprint density at radius 3 is 2.04 bits per heavy atom. The molecule has 2 heteroatoms. The van der Waals surface area contributed by atoms with Crippen LogP contribution >= 0.6 is 0 Å². The number of fused-ring (bicyclic) bond motifs is 1. The highest BCUT2D eigenvalue weighted by molar-refractivity contribution is 5.90. The van der Waals surface area contributed by atoms with Gasteiger partial charge in [-0.05, 0) is 41.8 Å². The zero-order valence-corrected chi connectivity index (χ0v) is 13.6. The lowest BCUT2D eigenvalue weighted by Gasteiger charge is -2.21. The average molecular weight is 313 g/mol. The van der Waals surface area contributed by atoms with Crippen LogP contribution in [0.5, 0.6) is 0 Å². The molecule has 0 amide bonds. The van der Waals surface area contributed by atoms with Crippen molar-refractivity contribution in [2.75, 3.05) is 5.32 Å². The van der Waals surface area contributed by atoms with Gasteiger partial charge in [0.1, 0.15) is 0 Å². The maximum absolute atomic E-state index is 5.71. The Hall–Kier alpha value is -3.00. The second-order valence-corrected chi connectivity index (χ2v) is 6.05. The van der Waals surface area contributed by atoms with Gasteiger partial charge in [-0.3, -0.25) is 0 Å². The normalized spacial score (nSPS) is 11.1. The summed E-state index contributed by atoms with van der Waals surface area (Å²) in [5.74, 6) is 0. The second kappa shape index (κ2) is 6.25. The number of furan rings is 1. The molecule has 0 aliphatic rings. The smallest absolute Gasteiger partial charge is 0.156 e. The Labute approximate surface area is 141 Å². The first-order valence-corrected chi connectivity index (χ1v) is 8.15. The average Bonchev–Trinajstić information content (AvgIpc) is 3.09. The third-order valence-electron chi connectivity index (χ3n) is 4.26. The first kappa shape index (κ1) is 14.6. The number of anilines is 1. The molecule has 118 valence electrons. The van der Waals surface area contributed by atoms with E-state index in [1.165, 1.54) is 16.7 Å². The van der Waals surface area contributed by atoms with E-state index in [9.17, 15) is 0 Å². The molecule has 1 heterocycles. The van der Waals surface area contributed by atoms with E-state index in [4.69, 9.17) is 4.42 Å². The molecule has 0 saturated carbocycles. The van der Waals surface area contributed by atoms with Crippen molar-refractivity contribution >= 4 is 16.7 Å². The van der Waals surface area contributed by atoms with Crippen LogP contribution in [0, 0.1) is 6.92 Å². The van der Waals surface area contributed by atoms with E-state index in [0.29, 0.717) is 0 Å². The van der Waals surface area contributed by atoms with E-state index in [2.05, 4.69) is 72.9 Å². The van der Waals surface area contributed by atoms with Gasteiger partial charge in [-0.2, -0.15) is 0 Å². The van der Waals surface area contributed by atoms with Crippen molar-refractivity contribution in [2.45, 2.75) is 13.0 Å². The van der Waals surface area contributed by atoms with E-state index < -0.39 is 0 Å². The summed E-state index contributed by atoms with van der Waals surface area (Å²) in [5.41, 5.74) is 5.59. The largest absolute Gasteiger partial charge is 0.462 e. The maximum atomic E-state index is 5.71. The molecule has 0 aliphatic carbocycles. The monoisotopic (exact) mass is 313 g/mol. The summed E-state index contributed by atoms with van der Waals surface area (Å²) in [5, 5.41) is 4.81. The Balaban J connectivity index is 1.81. The van der Waals surface area contributed by atoms with Gasteiger partial charge in [0, 0.05) is 5.39 Å². The lowest BCUT2D eigenvalue weighted by Crippen LogP contribution is -2.12. The fourth-order valence-electron chi connectivity index (χ4n) is 3.14. The van der Waals surface area contributed by atoms with Crippen LogP contribution in [0.2, 0.25) is 0 Å². The van der Waals surface area contributed by atoms with E-state index in [-0.39, 0.29) is 6.04 Å². The summed E-state index contributed by atoms with van der Waals surface area (Å²) in [7, 11) is 0. The van der Waals surface area contributed by atoms with Crippen molar-refractivity contribution in [3.8, 4) is 0 Å². The van der Waals surface area contributed by atoms with Crippen molar-refractivity contribution in [3.05, 3.63) is 102 Å². The maximum Gasteiger partial charge on any atom is 0.156 e. The summed E-state index contributed by atoms with van der Waals surface area (Å²) in [6.07, 6.45) is 1.75. The highest BCUT2D eigenvalue weighted by atomic mass is 16.3. The van der Waals surface area contributed by atoms with Crippen molar-refractivity contribution in [1.82, 2.24) is 0 Å². The van der Waals surface area contributed by atoms with Gasteiger partial charge in [0.25, 0.3) is 0 Å². The van der Waals surface area contributed by atoms with Crippen LogP contribution in [-0.4, -0.2) is 0 Å². The lowest BCUT2D eigenvalue weighted by molar-refractivity contribution is 0.616. The Morgan fingerprint density at radius 1 is 0.792 bits per heavy atom. The third-order valence-corrected chi connectivity index (χ3v) is 4.26. The minimum Gasteiger partial charge on any atom is -0.462 e. The first-order chi connectivity index (χ1) is 11.8. The fraction of sp³-hybridized carbons (Fsp3) is 0.0909. The number of hydrogen-bond acceptors (Lipinski definition) is 2. The van der Waals surface area contributed by atoms with Gasteiger partial charge in [-0.1, -0.05) is 60.7 Å². The van der Waals surface area contributed by atoms with E-state index >= 15 is 0 Å². The topological polar surface area (TPSA) is 25.2 Å². The molecule has 1 N–H and O–H groups in total. The number of benzene rings is 3. The molecule has 0 atom stereocenters. The van der Waals surface area contributed by atoms with Gasteiger partial charge >= 0.3 is 0 Å². The van der Waals surface area contributed by atoms with E-state index in [0.717, 1.165) is 16.7 Å². The molecule has 0 bridgehead atoms. The molecule has 3 aromatic carbocycles. The van der Waals surface area contributed by atoms with Crippen molar-refractivity contribution < 1.29 is 4.42 Å². The predicted molar refractivity (Wildman–Crippen MR) is 99.3 cm³/mol. The molecule has 0 saturated heterocycles. The molecular formula is C22H19NO. The van der Waals surface area contributed by atoms with Crippen LogP contribution in [0.25, 0.3) is 11.0 Å². The second-order valence-electron chi connectivity index (χ2n) is 6.05. The van der Waals surface area contributed by atoms with Crippen LogP contribution in [-0.2, 0) is 0 Å². The van der Waals surface area contributed by atoms with E-state index in [1.807, 2.05) is 18.2 Å². The minimum absolute atomic E-state index is 0.0718. The fourth-order valence-corrected chi connectivity index (χ4v) is 3.14. The summed E-state index contributed by atoms with van der Waals surface area (Å²) in [6, 6.07) is 27.4. The molecule has 0 radical (unpaired) electrons. The molecule has 0 unspecified atom stereocenters. The first-order valence-electron chi connectivity index (χ1n) is 8.15. The highest BCUT2D eigenvalue weighted by Crippen LogP contribution is 2.32. The molecule has 4 rings (SSSR count). The molecule has 4 aromatic rings. The minimum atomic E-state index is 0.0718. The Bertz CT molecular complexity index is 902. The third kappa shape index (κ3) is 2.79. The van der Waals surface area contributed by atoms with Crippen LogP contribution in [0.15, 0.2) is 89.5 Å². The van der Waals surface area contributed by atoms with Gasteiger partial charge in [-0.25, -0.2) is 0 Å². The molecule has 2 nitrogen and oxygen atoms in total. The number of aryl methyl sites for hydroxylation is 1. The summed E-state index contributed by atoms with van der Waals surface area (Å²) < 4.78 is 5.71. The van der Waals surface area contributed by atoms with Crippen LogP contribution < -0.4 is 5.32 Å². The van der Waals surface area contributed by atoms with Crippen LogP contribution in [0.1, 0.15) is 22.7 Å². The molecular weight excluding hydrogens is 294 g/mol. The van der Waals surface area contributed by atoms with Crippen molar-refractivity contribution in [2.24, 2.45) is 0 Å². The van der Waals surface area contributed by atoms with Gasteiger partial charge in [0.05, 0.1) is 18.0 Å².